The zero-order valence-electron chi connectivity index (χ0n) is 11.8. The van der Waals surface area contributed by atoms with Gasteiger partial charge < -0.3 is 10.2 Å². The Labute approximate surface area is 115 Å². The standard InChI is InChI=1S/C14H25N3S/c1-4-8-15-10-13-11(3)16-14(18-13)17-9-6-7-12(17)5-2/h12,15H,4-10H2,1-3H3. The lowest BCUT2D eigenvalue weighted by atomic mass is 10.2. The van der Waals surface area contributed by atoms with E-state index in [1.165, 1.54) is 47.9 Å². The highest BCUT2D eigenvalue weighted by Gasteiger charge is 2.25. The first-order valence-electron chi connectivity index (χ1n) is 7.19. The molecule has 0 amide bonds. The van der Waals surface area contributed by atoms with E-state index in [2.05, 4.69) is 31.0 Å². The Morgan fingerprint density at radius 2 is 2.28 bits per heavy atom. The van der Waals surface area contributed by atoms with Gasteiger partial charge in [-0.2, -0.15) is 0 Å². The minimum absolute atomic E-state index is 0.715. The van der Waals surface area contributed by atoms with Gasteiger partial charge in [0.1, 0.15) is 0 Å². The van der Waals surface area contributed by atoms with Gasteiger partial charge in [0.05, 0.1) is 5.69 Å². The van der Waals surface area contributed by atoms with E-state index in [9.17, 15) is 0 Å². The van der Waals surface area contributed by atoms with Crippen molar-refractivity contribution in [1.29, 1.82) is 0 Å². The first kappa shape index (κ1) is 13.8. The van der Waals surface area contributed by atoms with Gasteiger partial charge >= 0.3 is 0 Å². The molecule has 4 heteroatoms. The summed E-state index contributed by atoms with van der Waals surface area (Å²) in [6.45, 7) is 9.88. The molecule has 102 valence electrons. The van der Waals surface area contributed by atoms with Crippen LogP contribution in [0.4, 0.5) is 5.13 Å². The van der Waals surface area contributed by atoms with Crippen molar-refractivity contribution >= 4 is 16.5 Å². The minimum atomic E-state index is 0.715. The van der Waals surface area contributed by atoms with E-state index < -0.39 is 0 Å². The quantitative estimate of drug-likeness (QED) is 0.801. The molecule has 0 radical (unpaired) electrons. The Morgan fingerprint density at radius 3 is 3.00 bits per heavy atom. The molecule has 1 fully saturated rings. The molecule has 2 heterocycles. The predicted octanol–water partition coefficient (Wildman–Crippen LogP) is 3.33. The largest absolute Gasteiger partial charge is 0.345 e. The molecule has 0 aromatic carbocycles. The molecule has 2 rings (SSSR count). The maximum Gasteiger partial charge on any atom is 0.186 e. The van der Waals surface area contributed by atoms with Crippen LogP contribution in [0.15, 0.2) is 0 Å². The van der Waals surface area contributed by atoms with E-state index in [0.29, 0.717) is 6.04 Å². The molecule has 1 unspecified atom stereocenters. The molecular formula is C14H25N3S. The summed E-state index contributed by atoms with van der Waals surface area (Å²) in [6.07, 6.45) is 5.08. The molecule has 0 spiro atoms. The average Bonchev–Trinajstić information content (AvgIpc) is 2.96. The molecule has 1 aliphatic rings. The minimum Gasteiger partial charge on any atom is -0.345 e. The molecule has 1 aromatic rings. The van der Waals surface area contributed by atoms with Crippen molar-refractivity contribution in [2.45, 2.75) is 59.0 Å². The average molecular weight is 267 g/mol. The van der Waals surface area contributed by atoms with Crippen LogP contribution in [-0.4, -0.2) is 24.1 Å². The molecule has 0 bridgehead atoms. The van der Waals surface area contributed by atoms with Gasteiger partial charge in [-0.05, 0) is 39.2 Å². The SMILES string of the molecule is CCCNCc1sc(N2CCCC2CC)nc1C. The monoisotopic (exact) mass is 267 g/mol. The number of rotatable bonds is 6. The molecular weight excluding hydrogens is 242 g/mol. The summed E-state index contributed by atoms with van der Waals surface area (Å²) < 4.78 is 0. The summed E-state index contributed by atoms with van der Waals surface area (Å²) in [5.74, 6) is 0. The van der Waals surface area contributed by atoms with Crippen molar-refractivity contribution in [3.05, 3.63) is 10.6 Å². The van der Waals surface area contributed by atoms with E-state index >= 15 is 0 Å². The fraction of sp³-hybridized carbons (Fsp3) is 0.786. The van der Waals surface area contributed by atoms with E-state index in [1.807, 2.05) is 11.3 Å². The van der Waals surface area contributed by atoms with E-state index in [4.69, 9.17) is 4.98 Å². The fourth-order valence-electron chi connectivity index (χ4n) is 2.59. The molecule has 0 aliphatic carbocycles. The zero-order chi connectivity index (χ0) is 13.0. The van der Waals surface area contributed by atoms with Gasteiger partial charge in [-0.25, -0.2) is 4.98 Å². The molecule has 1 atom stereocenters. The summed E-state index contributed by atoms with van der Waals surface area (Å²) in [6, 6.07) is 0.715. The molecule has 1 aromatic heterocycles. The van der Waals surface area contributed by atoms with Crippen LogP contribution in [0.3, 0.4) is 0 Å². The van der Waals surface area contributed by atoms with Crippen molar-refractivity contribution in [1.82, 2.24) is 10.3 Å². The summed E-state index contributed by atoms with van der Waals surface area (Å²) in [5.41, 5.74) is 1.21. The second-order valence-electron chi connectivity index (χ2n) is 5.08. The summed E-state index contributed by atoms with van der Waals surface area (Å²) in [7, 11) is 0. The lowest BCUT2D eigenvalue weighted by Gasteiger charge is -2.22. The Bertz CT molecular complexity index is 375. The number of hydrogen-bond acceptors (Lipinski definition) is 4. The van der Waals surface area contributed by atoms with Crippen molar-refractivity contribution in [2.24, 2.45) is 0 Å². The van der Waals surface area contributed by atoms with Crippen LogP contribution in [0, 0.1) is 6.92 Å². The molecule has 1 saturated heterocycles. The van der Waals surface area contributed by atoms with Crippen LogP contribution < -0.4 is 10.2 Å². The number of aryl methyl sites for hydroxylation is 1. The van der Waals surface area contributed by atoms with Crippen molar-refractivity contribution in [3.8, 4) is 0 Å². The van der Waals surface area contributed by atoms with Crippen LogP contribution in [0.25, 0.3) is 0 Å². The summed E-state index contributed by atoms with van der Waals surface area (Å²) in [5, 5.41) is 4.71. The van der Waals surface area contributed by atoms with Gasteiger partial charge in [0, 0.05) is 24.0 Å². The number of anilines is 1. The second-order valence-corrected chi connectivity index (χ2v) is 6.14. The molecule has 1 N–H and O–H groups in total. The second kappa shape index (κ2) is 6.53. The van der Waals surface area contributed by atoms with Crippen molar-refractivity contribution in [2.75, 3.05) is 18.0 Å². The number of nitrogens with zero attached hydrogens (tertiary/aromatic N) is 2. The lowest BCUT2D eigenvalue weighted by molar-refractivity contribution is 0.644. The highest BCUT2D eigenvalue weighted by atomic mass is 32.1. The molecule has 1 aliphatic heterocycles. The lowest BCUT2D eigenvalue weighted by Crippen LogP contribution is -2.28. The number of aromatic nitrogens is 1. The van der Waals surface area contributed by atoms with Crippen molar-refractivity contribution in [3.63, 3.8) is 0 Å². The van der Waals surface area contributed by atoms with Crippen LogP contribution in [-0.2, 0) is 6.54 Å². The summed E-state index contributed by atoms with van der Waals surface area (Å²) in [4.78, 5) is 8.69. The molecule has 18 heavy (non-hydrogen) atoms. The van der Waals surface area contributed by atoms with Crippen LogP contribution in [0.5, 0.6) is 0 Å². The highest BCUT2D eigenvalue weighted by molar-refractivity contribution is 7.15. The Balaban J connectivity index is 2.03. The van der Waals surface area contributed by atoms with E-state index in [0.717, 1.165) is 13.1 Å². The van der Waals surface area contributed by atoms with Gasteiger partial charge in [0.2, 0.25) is 0 Å². The Hall–Kier alpha value is -0.610. The van der Waals surface area contributed by atoms with Crippen molar-refractivity contribution < 1.29 is 0 Å². The zero-order valence-corrected chi connectivity index (χ0v) is 12.6. The van der Waals surface area contributed by atoms with Gasteiger partial charge in [-0.15, -0.1) is 11.3 Å². The fourth-order valence-corrected chi connectivity index (χ4v) is 3.72. The van der Waals surface area contributed by atoms with Crippen LogP contribution in [0.1, 0.15) is 50.1 Å². The van der Waals surface area contributed by atoms with Crippen LogP contribution >= 0.6 is 11.3 Å². The maximum absolute atomic E-state index is 4.77. The molecule has 3 nitrogen and oxygen atoms in total. The number of thiazole rings is 1. The normalized spacial score (nSPS) is 19.7. The smallest absolute Gasteiger partial charge is 0.186 e. The van der Waals surface area contributed by atoms with E-state index in [-0.39, 0.29) is 0 Å². The highest BCUT2D eigenvalue weighted by Crippen LogP contribution is 2.32. The number of hydrogen-bond donors (Lipinski definition) is 1. The number of nitrogens with one attached hydrogen (secondary N) is 1. The summed E-state index contributed by atoms with van der Waals surface area (Å²) >= 11 is 1.88. The van der Waals surface area contributed by atoms with E-state index in [1.54, 1.807) is 0 Å². The predicted molar refractivity (Wildman–Crippen MR) is 79.5 cm³/mol. The third-order valence-electron chi connectivity index (χ3n) is 3.69. The Kier molecular flexibility index (Phi) is 5.01. The first-order chi connectivity index (χ1) is 8.76. The van der Waals surface area contributed by atoms with Gasteiger partial charge in [-0.1, -0.05) is 13.8 Å². The Morgan fingerprint density at radius 1 is 1.44 bits per heavy atom. The third-order valence-corrected chi connectivity index (χ3v) is 4.88. The third kappa shape index (κ3) is 3.04. The van der Waals surface area contributed by atoms with Gasteiger partial charge in [0.25, 0.3) is 0 Å². The molecule has 0 saturated carbocycles. The van der Waals surface area contributed by atoms with Gasteiger partial charge in [-0.3, -0.25) is 0 Å². The van der Waals surface area contributed by atoms with Gasteiger partial charge in [0.15, 0.2) is 5.13 Å². The topological polar surface area (TPSA) is 28.2 Å². The maximum atomic E-state index is 4.77. The first-order valence-corrected chi connectivity index (χ1v) is 8.01. The van der Waals surface area contributed by atoms with Crippen LogP contribution in [0.2, 0.25) is 0 Å².